The molecule has 0 aromatic heterocycles. The van der Waals surface area contributed by atoms with Crippen molar-refractivity contribution < 1.29 is 0 Å². The van der Waals surface area contributed by atoms with Gasteiger partial charge in [0, 0.05) is 18.8 Å². The number of rotatable bonds is 15. The molecule has 0 fully saturated rings. The highest BCUT2D eigenvalue weighted by Crippen LogP contribution is 2.13. The molecular weight excluding hydrogens is 368 g/mol. The Kier molecular flexibility index (Phi) is 24.8. The van der Waals surface area contributed by atoms with Crippen molar-refractivity contribution in [3.8, 4) is 0 Å². The highest BCUT2D eigenvalue weighted by Gasteiger charge is 1.98. The van der Waals surface area contributed by atoms with E-state index >= 15 is 0 Å². The highest BCUT2D eigenvalue weighted by molar-refractivity contribution is 8.93. The van der Waals surface area contributed by atoms with Crippen molar-refractivity contribution in [2.45, 2.75) is 97.8 Å². The van der Waals surface area contributed by atoms with E-state index in [-0.39, 0.29) is 17.0 Å². The van der Waals surface area contributed by atoms with Crippen LogP contribution in [-0.4, -0.2) is 24.0 Å². The Morgan fingerprint density at radius 3 is 1.65 bits per heavy atom. The Morgan fingerprint density at radius 1 is 0.739 bits per heavy atom. The van der Waals surface area contributed by atoms with Gasteiger partial charge in [-0.15, -0.1) is 17.0 Å². The number of aliphatic imine (C=N–C) groups is 1. The fourth-order valence-corrected chi connectivity index (χ4v) is 3.57. The maximum absolute atomic E-state index is 4.48. The number of unbranched alkanes of at least 4 members (excludes halogenated alkanes) is 11. The molecule has 1 N–H and O–H groups in total. The lowest BCUT2D eigenvalue weighted by molar-refractivity contribution is 0.548. The summed E-state index contributed by atoms with van der Waals surface area (Å²) < 4.78 is 0. The van der Waals surface area contributed by atoms with Crippen molar-refractivity contribution in [1.82, 2.24) is 5.32 Å². The minimum Gasteiger partial charge on any atom is -0.365 e. The van der Waals surface area contributed by atoms with Crippen LogP contribution in [0.2, 0.25) is 0 Å². The van der Waals surface area contributed by atoms with Crippen molar-refractivity contribution in [3.05, 3.63) is 0 Å². The lowest BCUT2D eigenvalue weighted by Crippen LogP contribution is -2.20. The summed E-state index contributed by atoms with van der Waals surface area (Å²) in [5.74, 6) is 1.21. The largest absolute Gasteiger partial charge is 0.365 e. The highest BCUT2D eigenvalue weighted by atomic mass is 79.9. The third kappa shape index (κ3) is 20.3. The fraction of sp³-hybridized carbons (Fsp3) is 0.947. The van der Waals surface area contributed by atoms with Crippen LogP contribution < -0.4 is 5.32 Å². The van der Waals surface area contributed by atoms with Crippen molar-refractivity contribution in [3.63, 3.8) is 0 Å². The Hall–Kier alpha value is 0.300. The molecule has 0 aliphatic carbocycles. The van der Waals surface area contributed by atoms with Crippen molar-refractivity contribution >= 4 is 33.9 Å². The van der Waals surface area contributed by atoms with Crippen LogP contribution in [0, 0.1) is 0 Å². The number of thioether (sulfide) groups is 1. The van der Waals surface area contributed by atoms with Gasteiger partial charge in [-0.3, -0.25) is 4.99 Å². The molecule has 0 bridgehead atoms. The number of hydrogen-bond donors (Lipinski definition) is 1. The first-order valence-corrected chi connectivity index (χ1v) is 10.7. The Labute approximate surface area is 160 Å². The molecular formula is C19H41BrN2S. The summed E-state index contributed by atoms with van der Waals surface area (Å²) in [5.41, 5.74) is 0. The van der Waals surface area contributed by atoms with E-state index < -0.39 is 0 Å². The Balaban J connectivity index is 0. The number of nitrogens with one attached hydrogen (secondary N) is 1. The summed E-state index contributed by atoms with van der Waals surface area (Å²) in [6.07, 6.45) is 17.1. The van der Waals surface area contributed by atoms with Gasteiger partial charge < -0.3 is 5.32 Å². The molecule has 0 aromatic carbocycles. The molecule has 140 valence electrons. The van der Waals surface area contributed by atoms with Crippen molar-refractivity contribution in [2.75, 3.05) is 18.8 Å². The first kappa shape index (κ1) is 25.5. The zero-order chi connectivity index (χ0) is 16.3. The molecule has 4 heteroatoms. The summed E-state index contributed by atoms with van der Waals surface area (Å²) in [7, 11) is 0. The average molecular weight is 410 g/mol. The van der Waals surface area contributed by atoms with Crippen LogP contribution in [0.15, 0.2) is 4.99 Å². The normalized spacial score (nSPS) is 11.3. The molecule has 0 spiro atoms. The van der Waals surface area contributed by atoms with E-state index in [9.17, 15) is 0 Å². The van der Waals surface area contributed by atoms with Gasteiger partial charge in [0.05, 0.1) is 0 Å². The molecule has 0 saturated carbocycles. The molecule has 0 rings (SSSR count). The van der Waals surface area contributed by atoms with E-state index in [1.807, 2.05) is 11.8 Å². The predicted molar refractivity (Wildman–Crippen MR) is 116 cm³/mol. The maximum atomic E-state index is 4.48. The first-order valence-electron chi connectivity index (χ1n) is 9.76. The summed E-state index contributed by atoms with van der Waals surface area (Å²) in [5, 5.41) is 4.47. The third-order valence-electron chi connectivity index (χ3n) is 3.87. The maximum Gasteiger partial charge on any atom is 0.156 e. The zero-order valence-corrected chi connectivity index (χ0v) is 18.4. The van der Waals surface area contributed by atoms with E-state index in [4.69, 9.17) is 0 Å². The van der Waals surface area contributed by atoms with Crippen LogP contribution >= 0.6 is 28.7 Å². The van der Waals surface area contributed by atoms with E-state index in [0.29, 0.717) is 0 Å². The lowest BCUT2D eigenvalue weighted by atomic mass is 10.1. The number of amidine groups is 1. The van der Waals surface area contributed by atoms with Gasteiger partial charge in [0.15, 0.2) is 5.17 Å². The van der Waals surface area contributed by atoms with Crippen LogP contribution in [0.4, 0.5) is 0 Å². The summed E-state index contributed by atoms with van der Waals surface area (Å²) in [6.45, 7) is 8.38. The molecule has 0 amide bonds. The molecule has 0 saturated heterocycles. The fourth-order valence-electron chi connectivity index (χ4n) is 2.56. The quantitative estimate of drug-likeness (QED) is 0.179. The van der Waals surface area contributed by atoms with Gasteiger partial charge in [-0.1, -0.05) is 89.3 Å². The smallest absolute Gasteiger partial charge is 0.156 e. The second kappa shape index (κ2) is 22.3. The first-order chi connectivity index (χ1) is 10.8. The molecule has 2 nitrogen and oxygen atoms in total. The number of halogens is 1. The molecule has 0 atom stereocenters. The third-order valence-corrected chi connectivity index (χ3v) is 4.91. The number of hydrogen-bond acceptors (Lipinski definition) is 2. The summed E-state index contributed by atoms with van der Waals surface area (Å²) in [4.78, 5) is 4.48. The van der Waals surface area contributed by atoms with Crippen molar-refractivity contribution in [1.29, 1.82) is 0 Å². The van der Waals surface area contributed by atoms with Gasteiger partial charge >= 0.3 is 0 Å². The van der Waals surface area contributed by atoms with Crippen molar-refractivity contribution in [2.24, 2.45) is 4.99 Å². The van der Waals surface area contributed by atoms with Gasteiger partial charge in [0.2, 0.25) is 0 Å². The molecule has 0 aliphatic heterocycles. The summed E-state index contributed by atoms with van der Waals surface area (Å²) in [6, 6.07) is 0. The minimum atomic E-state index is 0. The molecule has 0 heterocycles. The standard InChI is InChI=1S/C19H40N2S.BrH/c1-4-7-8-9-10-11-12-13-14-15-16-17-18-22-19(20-5-2)21-6-3;/h4-18H2,1-3H3,(H,20,21);1H. The van der Waals surface area contributed by atoms with Gasteiger partial charge in [-0.2, -0.15) is 0 Å². The Bertz CT molecular complexity index is 248. The van der Waals surface area contributed by atoms with Gasteiger partial charge in [0.1, 0.15) is 0 Å². The van der Waals surface area contributed by atoms with Crippen LogP contribution in [-0.2, 0) is 0 Å². The molecule has 0 unspecified atom stereocenters. The molecule has 0 aromatic rings. The predicted octanol–water partition coefficient (Wildman–Crippen LogP) is 6.98. The van der Waals surface area contributed by atoms with E-state index in [0.717, 1.165) is 18.3 Å². The summed E-state index contributed by atoms with van der Waals surface area (Å²) >= 11 is 1.89. The lowest BCUT2D eigenvalue weighted by Gasteiger charge is -2.07. The molecule has 0 radical (unpaired) electrons. The van der Waals surface area contributed by atoms with E-state index in [2.05, 4.69) is 31.1 Å². The average Bonchev–Trinajstić information content (AvgIpc) is 2.52. The van der Waals surface area contributed by atoms with Gasteiger partial charge in [-0.25, -0.2) is 0 Å². The van der Waals surface area contributed by atoms with Crippen LogP contribution in [0.5, 0.6) is 0 Å². The zero-order valence-electron chi connectivity index (χ0n) is 15.9. The SMILES string of the molecule is Br.CCCCCCCCCCCCCCSC(=NCC)NCC. The van der Waals surface area contributed by atoms with E-state index in [1.54, 1.807) is 0 Å². The molecule has 0 aliphatic rings. The second-order valence-electron chi connectivity index (χ2n) is 6.05. The van der Waals surface area contributed by atoms with Gasteiger partial charge in [0.25, 0.3) is 0 Å². The van der Waals surface area contributed by atoms with Gasteiger partial charge in [-0.05, 0) is 20.3 Å². The minimum absolute atomic E-state index is 0. The van der Waals surface area contributed by atoms with Crippen LogP contribution in [0.1, 0.15) is 97.8 Å². The topological polar surface area (TPSA) is 24.4 Å². The number of nitrogens with zero attached hydrogens (tertiary/aromatic N) is 1. The van der Waals surface area contributed by atoms with Crippen LogP contribution in [0.25, 0.3) is 0 Å². The second-order valence-corrected chi connectivity index (χ2v) is 7.13. The molecule has 23 heavy (non-hydrogen) atoms. The Morgan fingerprint density at radius 2 is 1.22 bits per heavy atom. The van der Waals surface area contributed by atoms with E-state index in [1.165, 1.54) is 82.8 Å². The van der Waals surface area contributed by atoms with Crippen LogP contribution in [0.3, 0.4) is 0 Å². The monoisotopic (exact) mass is 408 g/mol.